The van der Waals surface area contributed by atoms with Crippen LogP contribution in [0.1, 0.15) is 0 Å². The lowest BCUT2D eigenvalue weighted by Crippen LogP contribution is -2.32. The van der Waals surface area contributed by atoms with Crippen LogP contribution in [-0.2, 0) is 0 Å². The first-order valence-corrected chi connectivity index (χ1v) is 5.66. The summed E-state index contributed by atoms with van der Waals surface area (Å²) in [6.45, 7) is -0.672. The van der Waals surface area contributed by atoms with Crippen molar-refractivity contribution in [2.45, 2.75) is 6.43 Å². The molecular weight excluding hydrogens is 305 g/mol. The third kappa shape index (κ3) is 3.84. The maximum atomic E-state index is 12.3. The Morgan fingerprint density at radius 3 is 2.75 bits per heavy atom. The van der Waals surface area contributed by atoms with Crippen molar-refractivity contribution in [2.75, 3.05) is 24.6 Å². The molecule has 1 heterocycles. The smallest absolute Gasteiger partial charge is 0.255 e. The van der Waals surface area contributed by atoms with Crippen molar-refractivity contribution >= 4 is 33.3 Å². The Kier molecular flexibility index (Phi) is 5.37. The van der Waals surface area contributed by atoms with Crippen LogP contribution in [0.2, 0.25) is 5.02 Å². The first-order chi connectivity index (χ1) is 7.54. The highest BCUT2D eigenvalue weighted by atomic mass is 79.9. The van der Waals surface area contributed by atoms with Gasteiger partial charge in [-0.3, -0.25) is 0 Å². The van der Waals surface area contributed by atoms with Crippen LogP contribution in [0.5, 0.6) is 0 Å². The van der Waals surface area contributed by atoms with Gasteiger partial charge in [0, 0.05) is 17.2 Å². The summed E-state index contributed by atoms with van der Waals surface area (Å²) in [4.78, 5) is 5.20. The van der Waals surface area contributed by atoms with E-state index in [1.807, 2.05) is 0 Å². The Morgan fingerprint density at radius 1 is 1.56 bits per heavy atom. The summed E-state index contributed by atoms with van der Waals surface area (Å²) in [5, 5.41) is 9.06. The molecule has 0 amide bonds. The fraction of sp³-hybridized carbons (Fsp3) is 0.444. The molecule has 0 aliphatic rings. The number of aromatic nitrogens is 1. The molecule has 7 heteroatoms. The molecule has 16 heavy (non-hydrogen) atoms. The van der Waals surface area contributed by atoms with Gasteiger partial charge >= 0.3 is 0 Å². The van der Waals surface area contributed by atoms with Gasteiger partial charge in [0.15, 0.2) is 0 Å². The lowest BCUT2D eigenvalue weighted by atomic mass is 10.4. The van der Waals surface area contributed by atoms with E-state index in [0.717, 1.165) is 0 Å². The van der Waals surface area contributed by atoms with Crippen LogP contribution in [-0.4, -0.2) is 36.2 Å². The normalized spacial score (nSPS) is 10.9. The third-order valence-electron chi connectivity index (χ3n) is 1.82. The minimum atomic E-state index is -2.51. The fourth-order valence-electron chi connectivity index (χ4n) is 1.21. The lowest BCUT2D eigenvalue weighted by Gasteiger charge is -2.23. The van der Waals surface area contributed by atoms with Crippen LogP contribution in [0.25, 0.3) is 0 Å². The standard InChI is InChI=1S/C9H10BrClF2N2O/c10-6-3-7(11)9(14-4-6)15(1-2-16)5-8(12)13/h3-4,8,16H,1-2,5H2. The Balaban J connectivity index is 2.91. The molecule has 0 fully saturated rings. The molecular formula is C9H10BrClF2N2O. The third-order valence-corrected chi connectivity index (χ3v) is 2.53. The van der Waals surface area contributed by atoms with E-state index in [1.165, 1.54) is 11.1 Å². The number of aliphatic hydroxyl groups is 1. The molecule has 0 aromatic carbocycles. The van der Waals surface area contributed by atoms with E-state index in [0.29, 0.717) is 4.47 Å². The van der Waals surface area contributed by atoms with Crippen LogP contribution in [0.15, 0.2) is 16.7 Å². The van der Waals surface area contributed by atoms with Gasteiger partial charge in [-0.15, -0.1) is 0 Å². The van der Waals surface area contributed by atoms with Crippen molar-refractivity contribution in [3.63, 3.8) is 0 Å². The highest BCUT2D eigenvalue weighted by Gasteiger charge is 2.16. The minimum absolute atomic E-state index is 0.0681. The Hall–Kier alpha value is -0.460. The fourth-order valence-corrected chi connectivity index (χ4v) is 1.96. The van der Waals surface area contributed by atoms with E-state index in [-0.39, 0.29) is 24.0 Å². The summed E-state index contributed by atoms with van der Waals surface area (Å²) in [7, 11) is 0. The van der Waals surface area contributed by atoms with Crippen molar-refractivity contribution in [3.05, 3.63) is 21.8 Å². The summed E-state index contributed by atoms with van der Waals surface area (Å²) in [5.41, 5.74) is 0. The average molecular weight is 316 g/mol. The monoisotopic (exact) mass is 314 g/mol. The lowest BCUT2D eigenvalue weighted by molar-refractivity contribution is 0.152. The van der Waals surface area contributed by atoms with Gasteiger partial charge < -0.3 is 10.0 Å². The number of hydrogen-bond donors (Lipinski definition) is 1. The predicted octanol–water partition coefficient (Wildman–Crippen LogP) is 2.56. The SMILES string of the molecule is OCCN(CC(F)F)c1ncc(Br)cc1Cl. The molecule has 0 radical (unpaired) electrons. The molecule has 1 N–H and O–H groups in total. The molecule has 0 atom stereocenters. The average Bonchev–Trinajstić information content (AvgIpc) is 2.16. The number of hydrogen-bond acceptors (Lipinski definition) is 3. The van der Waals surface area contributed by atoms with Gasteiger partial charge in [-0.25, -0.2) is 13.8 Å². The summed E-state index contributed by atoms with van der Waals surface area (Å²) in [6, 6.07) is 1.57. The first kappa shape index (κ1) is 13.6. The van der Waals surface area contributed by atoms with Crippen molar-refractivity contribution in [3.8, 4) is 0 Å². The number of nitrogens with zero attached hydrogens (tertiary/aromatic N) is 2. The highest BCUT2D eigenvalue weighted by molar-refractivity contribution is 9.10. The van der Waals surface area contributed by atoms with Gasteiger partial charge in [0.25, 0.3) is 6.43 Å². The van der Waals surface area contributed by atoms with Crippen molar-refractivity contribution in [1.82, 2.24) is 4.98 Å². The first-order valence-electron chi connectivity index (χ1n) is 4.49. The molecule has 0 saturated carbocycles. The van der Waals surface area contributed by atoms with Crippen LogP contribution >= 0.6 is 27.5 Å². The molecule has 0 saturated heterocycles. The molecule has 0 aliphatic heterocycles. The molecule has 90 valence electrons. The molecule has 1 aromatic rings. The minimum Gasteiger partial charge on any atom is -0.395 e. The van der Waals surface area contributed by atoms with Crippen LogP contribution in [0.4, 0.5) is 14.6 Å². The van der Waals surface area contributed by atoms with Crippen molar-refractivity contribution in [1.29, 1.82) is 0 Å². The Bertz CT molecular complexity index is 354. The number of halogens is 4. The molecule has 0 spiro atoms. The maximum Gasteiger partial charge on any atom is 0.255 e. The molecule has 1 aromatic heterocycles. The molecule has 0 bridgehead atoms. The van der Waals surface area contributed by atoms with Crippen LogP contribution in [0.3, 0.4) is 0 Å². The van der Waals surface area contributed by atoms with E-state index < -0.39 is 13.0 Å². The predicted molar refractivity (Wildman–Crippen MR) is 62.2 cm³/mol. The van der Waals surface area contributed by atoms with Gasteiger partial charge in [0.05, 0.1) is 18.2 Å². The van der Waals surface area contributed by atoms with Gasteiger partial charge in [-0.1, -0.05) is 11.6 Å². The quantitative estimate of drug-likeness (QED) is 0.907. The van der Waals surface area contributed by atoms with E-state index in [2.05, 4.69) is 20.9 Å². The summed E-state index contributed by atoms with van der Waals surface area (Å²) < 4.78 is 25.3. The van der Waals surface area contributed by atoms with Gasteiger partial charge in [-0.2, -0.15) is 0 Å². The van der Waals surface area contributed by atoms with Crippen molar-refractivity contribution in [2.24, 2.45) is 0 Å². The topological polar surface area (TPSA) is 36.4 Å². The van der Waals surface area contributed by atoms with Crippen LogP contribution in [0, 0.1) is 0 Å². The Morgan fingerprint density at radius 2 is 2.25 bits per heavy atom. The van der Waals surface area contributed by atoms with E-state index >= 15 is 0 Å². The second-order valence-electron chi connectivity index (χ2n) is 3.02. The second-order valence-corrected chi connectivity index (χ2v) is 4.34. The highest BCUT2D eigenvalue weighted by Crippen LogP contribution is 2.26. The van der Waals surface area contributed by atoms with E-state index in [9.17, 15) is 8.78 Å². The van der Waals surface area contributed by atoms with Gasteiger partial charge in [0.2, 0.25) is 0 Å². The van der Waals surface area contributed by atoms with Gasteiger partial charge in [0.1, 0.15) is 5.82 Å². The zero-order valence-electron chi connectivity index (χ0n) is 8.21. The summed E-state index contributed by atoms with van der Waals surface area (Å²) >= 11 is 9.05. The summed E-state index contributed by atoms with van der Waals surface area (Å²) in [6.07, 6.45) is -1.04. The zero-order valence-corrected chi connectivity index (χ0v) is 10.5. The van der Waals surface area contributed by atoms with E-state index in [4.69, 9.17) is 16.7 Å². The van der Waals surface area contributed by atoms with Crippen molar-refractivity contribution < 1.29 is 13.9 Å². The van der Waals surface area contributed by atoms with Crippen LogP contribution < -0.4 is 4.90 Å². The van der Waals surface area contributed by atoms with Gasteiger partial charge in [-0.05, 0) is 22.0 Å². The molecule has 0 aliphatic carbocycles. The van der Waals surface area contributed by atoms with E-state index in [1.54, 1.807) is 6.07 Å². The number of pyridine rings is 1. The maximum absolute atomic E-state index is 12.3. The molecule has 3 nitrogen and oxygen atoms in total. The molecule has 0 unspecified atom stereocenters. The summed E-state index contributed by atoms with van der Waals surface area (Å²) in [5.74, 6) is 0.249. The second kappa shape index (κ2) is 6.32. The number of alkyl halides is 2. The number of aliphatic hydroxyl groups excluding tert-OH is 1. The molecule has 1 rings (SSSR count). The largest absolute Gasteiger partial charge is 0.395 e. The number of anilines is 1. The number of rotatable bonds is 5. The Labute approximate surface area is 105 Å². The zero-order chi connectivity index (χ0) is 12.1.